The molecule has 1 N–H and O–H groups in total. The smallest absolute Gasteiger partial charge is 0.338 e. The fourth-order valence-electron chi connectivity index (χ4n) is 3.02. The van der Waals surface area contributed by atoms with Gasteiger partial charge in [-0.15, -0.1) is 0 Å². The van der Waals surface area contributed by atoms with Crippen LogP contribution in [-0.4, -0.2) is 22.5 Å². The van der Waals surface area contributed by atoms with Crippen molar-refractivity contribution in [2.45, 2.75) is 33.6 Å². The number of halogens is 1. The Bertz CT molecular complexity index is 986. The van der Waals surface area contributed by atoms with Crippen LogP contribution in [0, 0.1) is 6.92 Å². The highest BCUT2D eigenvalue weighted by Crippen LogP contribution is 2.27. The van der Waals surface area contributed by atoms with Crippen molar-refractivity contribution < 1.29 is 9.53 Å². The van der Waals surface area contributed by atoms with E-state index >= 15 is 0 Å². The summed E-state index contributed by atoms with van der Waals surface area (Å²) < 4.78 is 5.04. The molecule has 1 aromatic heterocycles. The van der Waals surface area contributed by atoms with Crippen LogP contribution in [0.25, 0.3) is 11.4 Å². The van der Waals surface area contributed by atoms with Crippen LogP contribution in [0.15, 0.2) is 48.5 Å². The van der Waals surface area contributed by atoms with Gasteiger partial charge in [-0.1, -0.05) is 24.9 Å². The average Bonchev–Trinajstić information content (AvgIpc) is 2.71. The predicted molar refractivity (Wildman–Crippen MR) is 117 cm³/mol. The maximum Gasteiger partial charge on any atom is 0.338 e. The van der Waals surface area contributed by atoms with Gasteiger partial charge in [0.2, 0.25) is 0 Å². The molecule has 0 unspecified atom stereocenters. The molecule has 0 amide bonds. The number of anilines is 2. The zero-order valence-electron chi connectivity index (χ0n) is 16.8. The summed E-state index contributed by atoms with van der Waals surface area (Å²) in [5.74, 6) is 1.09. The molecule has 0 spiro atoms. The fraction of sp³-hybridized carbons (Fsp3) is 0.261. The van der Waals surface area contributed by atoms with Gasteiger partial charge in [0.15, 0.2) is 5.82 Å². The number of aromatic nitrogens is 2. The summed E-state index contributed by atoms with van der Waals surface area (Å²) in [6.45, 7) is 6.28. The number of nitrogens with zero attached hydrogens (tertiary/aromatic N) is 2. The quantitative estimate of drug-likeness (QED) is 0.486. The Hall–Kier alpha value is -2.92. The van der Waals surface area contributed by atoms with Gasteiger partial charge in [-0.25, -0.2) is 14.8 Å². The van der Waals surface area contributed by atoms with E-state index in [1.54, 1.807) is 19.1 Å². The molecule has 0 fully saturated rings. The third-order valence-corrected chi connectivity index (χ3v) is 4.73. The second-order valence-corrected chi connectivity index (χ2v) is 7.08. The first-order valence-electron chi connectivity index (χ1n) is 9.69. The third kappa shape index (κ3) is 5.12. The molecule has 3 rings (SSSR count). The minimum Gasteiger partial charge on any atom is -0.462 e. The van der Waals surface area contributed by atoms with Gasteiger partial charge in [0.05, 0.1) is 12.2 Å². The highest BCUT2D eigenvalue weighted by molar-refractivity contribution is 6.30. The average molecular weight is 410 g/mol. The van der Waals surface area contributed by atoms with E-state index in [2.05, 4.69) is 12.2 Å². The molecule has 0 saturated heterocycles. The number of aryl methyl sites for hydroxylation is 1. The highest BCUT2D eigenvalue weighted by Gasteiger charge is 2.13. The van der Waals surface area contributed by atoms with E-state index in [0.29, 0.717) is 23.0 Å². The van der Waals surface area contributed by atoms with E-state index in [1.807, 2.05) is 43.3 Å². The van der Waals surface area contributed by atoms with Crippen molar-refractivity contribution in [2.24, 2.45) is 0 Å². The van der Waals surface area contributed by atoms with Crippen molar-refractivity contribution in [3.05, 3.63) is 70.4 Å². The van der Waals surface area contributed by atoms with Crippen molar-refractivity contribution in [1.82, 2.24) is 9.97 Å². The number of rotatable bonds is 7. The molecular weight excluding hydrogens is 386 g/mol. The topological polar surface area (TPSA) is 64.1 Å². The van der Waals surface area contributed by atoms with Crippen molar-refractivity contribution in [3.8, 4) is 11.4 Å². The van der Waals surface area contributed by atoms with Gasteiger partial charge in [-0.05, 0) is 68.8 Å². The van der Waals surface area contributed by atoms with Crippen molar-refractivity contribution >= 4 is 29.1 Å². The van der Waals surface area contributed by atoms with Gasteiger partial charge in [0, 0.05) is 27.5 Å². The molecule has 0 aliphatic rings. The van der Waals surface area contributed by atoms with E-state index < -0.39 is 0 Å². The van der Waals surface area contributed by atoms with Crippen LogP contribution < -0.4 is 5.32 Å². The Morgan fingerprint density at radius 2 is 1.72 bits per heavy atom. The zero-order chi connectivity index (χ0) is 20.8. The summed E-state index contributed by atoms with van der Waals surface area (Å²) >= 11 is 6.00. The van der Waals surface area contributed by atoms with Gasteiger partial charge in [-0.3, -0.25) is 0 Å². The van der Waals surface area contributed by atoms with Gasteiger partial charge in [0.1, 0.15) is 5.82 Å². The van der Waals surface area contributed by atoms with Gasteiger partial charge < -0.3 is 10.1 Å². The second-order valence-electron chi connectivity index (χ2n) is 6.64. The Morgan fingerprint density at radius 3 is 2.34 bits per heavy atom. The first kappa shape index (κ1) is 20.8. The highest BCUT2D eigenvalue weighted by atomic mass is 35.5. The van der Waals surface area contributed by atoms with Crippen LogP contribution in [0.4, 0.5) is 11.5 Å². The Balaban J connectivity index is 1.94. The lowest BCUT2D eigenvalue weighted by atomic mass is 10.1. The molecule has 0 radical (unpaired) electrons. The van der Waals surface area contributed by atoms with E-state index in [4.69, 9.17) is 26.3 Å². The Labute approximate surface area is 176 Å². The number of ether oxygens (including phenoxy) is 1. The first-order chi connectivity index (χ1) is 14.0. The lowest BCUT2D eigenvalue weighted by molar-refractivity contribution is 0.0526. The van der Waals surface area contributed by atoms with E-state index in [9.17, 15) is 4.79 Å². The molecule has 6 heteroatoms. The van der Waals surface area contributed by atoms with Crippen molar-refractivity contribution in [3.63, 3.8) is 0 Å². The minimum atomic E-state index is -0.325. The number of carbonyl (C=O) groups is 1. The lowest BCUT2D eigenvalue weighted by Gasteiger charge is -2.15. The minimum absolute atomic E-state index is 0.325. The van der Waals surface area contributed by atoms with Gasteiger partial charge in [-0.2, -0.15) is 0 Å². The SMILES string of the molecule is CCCc1c(C)nc(-c2ccc(Cl)cc2)nc1Nc1ccc(C(=O)OCC)cc1. The zero-order valence-corrected chi connectivity index (χ0v) is 17.6. The molecule has 3 aromatic rings. The summed E-state index contributed by atoms with van der Waals surface area (Å²) in [5, 5.41) is 4.06. The molecular formula is C23H24ClN3O2. The number of carbonyl (C=O) groups excluding carboxylic acids is 1. The summed E-state index contributed by atoms with van der Waals surface area (Å²) in [6.07, 6.45) is 1.86. The molecule has 0 aliphatic heterocycles. The van der Waals surface area contributed by atoms with Gasteiger partial charge >= 0.3 is 5.97 Å². The second kappa shape index (κ2) is 9.52. The standard InChI is InChI=1S/C23H24ClN3O2/c1-4-6-20-15(3)25-21(16-7-11-18(24)12-8-16)27-22(20)26-19-13-9-17(10-14-19)23(28)29-5-2/h7-14H,4-6H2,1-3H3,(H,25,26,27). The van der Waals surface area contributed by atoms with Crippen LogP contribution in [0.5, 0.6) is 0 Å². The molecule has 2 aromatic carbocycles. The summed E-state index contributed by atoms with van der Waals surface area (Å²) in [5.41, 5.74) is 4.29. The monoisotopic (exact) mass is 409 g/mol. The summed E-state index contributed by atoms with van der Waals surface area (Å²) in [7, 11) is 0. The van der Waals surface area contributed by atoms with E-state index in [-0.39, 0.29) is 5.97 Å². The molecule has 0 aliphatic carbocycles. The third-order valence-electron chi connectivity index (χ3n) is 4.48. The van der Waals surface area contributed by atoms with Crippen LogP contribution in [0.3, 0.4) is 0 Å². The Morgan fingerprint density at radius 1 is 1.03 bits per heavy atom. The molecule has 1 heterocycles. The molecule has 0 saturated carbocycles. The predicted octanol–water partition coefficient (Wildman–Crippen LogP) is 5.98. The number of esters is 1. The fourth-order valence-corrected chi connectivity index (χ4v) is 3.14. The van der Waals surface area contributed by atoms with E-state index in [1.165, 1.54) is 0 Å². The number of nitrogens with one attached hydrogen (secondary N) is 1. The lowest BCUT2D eigenvalue weighted by Crippen LogP contribution is -2.07. The Kier molecular flexibility index (Phi) is 6.83. The number of benzene rings is 2. The number of hydrogen-bond donors (Lipinski definition) is 1. The maximum absolute atomic E-state index is 11.9. The number of hydrogen-bond acceptors (Lipinski definition) is 5. The van der Waals surface area contributed by atoms with Crippen molar-refractivity contribution in [1.29, 1.82) is 0 Å². The first-order valence-corrected chi connectivity index (χ1v) is 10.1. The molecule has 0 bridgehead atoms. The molecule has 5 nitrogen and oxygen atoms in total. The van der Waals surface area contributed by atoms with Gasteiger partial charge in [0.25, 0.3) is 0 Å². The van der Waals surface area contributed by atoms with Crippen LogP contribution >= 0.6 is 11.6 Å². The van der Waals surface area contributed by atoms with Crippen LogP contribution in [0.1, 0.15) is 41.9 Å². The molecule has 29 heavy (non-hydrogen) atoms. The molecule has 0 atom stereocenters. The summed E-state index contributed by atoms with van der Waals surface area (Å²) in [4.78, 5) is 21.3. The maximum atomic E-state index is 11.9. The van der Waals surface area contributed by atoms with Crippen LogP contribution in [-0.2, 0) is 11.2 Å². The summed E-state index contributed by atoms with van der Waals surface area (Å²) in [6, 6.07) is 14.7. The van der Waals surface area contributed by atoms with Crippen molar-refractivity contribution in [2.75, 3.05) is 11.9 Å². The normalized spacial score (nSPS) is 10.6. The largest absolute Gasteiger partial charge is 0.462 e. The molecule has 150 valence electrons. The van der Waals surface area contributed by atoms with E-state index in [0.717, 1.165) is 41.2 Å². The van der Waals surface area contributed by atoms with Crippen LogP contribution in [0.2, 0.25) is 5.02 Å².